The average Bonchev–Trinajstić information content (AvgIpc) is 2.51. The van der Waals surface area contributed by atoms with Gasteiger partial charge in [-0.2, -0.15) is 0 Å². The van der Waals surface area contributed by atoms with Gasteiger partial charge in [0.1, 0.15) is 0 Å². The Labute approximate surface area is 137 Å². The van der Waals surface area contributed by atoms with E-state index >= 15 is 0 Å². The molecule has 1 nitrogen and oxygen atoms in total. The van der Waals surface area contributed by atoms with Gasteiger partial charge in [-0.25, -0.2) is 0 Å². The van der Waals surface area contributed by atoms with E-state index in [0.29, 0.717) is 15.0 Å². The molecule has 0 radical (unpaired) electrons. The number of aliphatic hydroxyl groups is 1. The third-order valence-corrected chi connectivity index (χ3v) is 5.36. The first-order chi connectivity index (χ1) is 10.3. The zero-order valence-electron chi connectivity index (χ0n) is 13.3. The van der Waals surface area contributed by atoms with Crippen LogP contribution in [-0.4, -0.2) is 26.2 Å². The van der Waals surface area contributed by atoms with Crippen LogP contribution in [-0.2, 0) is 0 Å². The Kier molecular flexibility index (Phi) is 11.6. The van der Waals surface area contributed by atoms with Crippen molar-refractivity contribution in [2.24, 2.45) is 0 Å². The maximum atomic E-state index is 9.92. The molecule has 0 aromatic heterocycles. The summed E-state index contributed by atoms with van der Waals surface area (Å²) in [6.45, 7) is 2.26. The zero-order valence-corrected chi connectivity index (χ0v) is 15.1. The van der Waals surface area contributed by atoms with E-state index in [9.17, 15) is 5.11 Å². The number of benzene rings is 1. The fraction of sp³-hybridized carbons (Fsp3) is 0.579. The molecule has 0 spiro atoms. The first-order valence-electron chi connectivity index (χ1n) is 8.39. The first-order valence-corrected chi connectivity index (χ1v) is 10.2. The molecule has 0 heterocycles. The van der Waals surface area contributed by atoms with E-state index in [4.69, 9.17) is 0 Å². The molecule has 0 amide bonds. The molecule has 1 aromatic rings. The van der Waals surface area contributed by atoms with Crippen molar-refractivity contribution >= 4 is 19.4 Å². The number of rotatable bonds is 12. The Morgan fingerprint density at radius 2 is 1.57 bits per heavy atom. The molecule has 118 valence electrons. The van der Waals surface area contributed by atoms with Crippen molar-refractivity contribution in [2.45, 2.75) is 70.8 Å². The minimum atomic E-state index is -0.254. The molecule has 0 bridgehead atoms. The Morgan fingerprint density at radius 3 is 2.24 bits per heavy atom. The Balaban J connectivity index is 1.97. The Morgan fingerprint density at radius 1 is 0.952 bits per heavy atom. The predicted molar refractivity (Wildman–Crippen MR) is 94.2 cm³/mol. The predicted octanol–water partition coefficient (Wildman–Crippen LogP) is 4.42. The summed E-state index contributed by atoms with van der Waals surface area (Å²) < 4.78 is 1.36. The van der Waals surface area contributed by atoms with Crippen molar-refractivity contribution in [1.82, 2.24) is 0 Å². The third kappa shape index (κ3) is 10.8. The fourth-order valence-electron chi connectivity index (χ4n) is 2.29. The van der Waals surface area contributed by atoms with Crippen LogP contribution >= 0.6 is 0 Å². The third-order valence-electron chi connectivity index (χ3n) is 3.60. The van der Waals surface area contributed by atoms with Crippen LogP contribution in [0.2, 0.25) is 0 Å². The molecule has 0 aliphatic carbocycles. The van der Waals surface area contributed by atoms with Crippen molar-refractivity contribution in [2.75, 3.05) is 0 Å². The van der Waals surface area contributed by atoms with Gasteiger partial charge in [0.25, 0.3) is 0 Å². The summed E-state index contributed by atoms with van der Waals surface area (Å²) in [6.07, 6.45) is 13.2. The van der Waals surface area contributed by atoms with Crippen LogP contribution in [0.15, 0.2) is 41.4 Å². The van der Waals surface area contributed by atoms with E-state index in [1.807, 2.05) is 12.1 Å². The standard InChI is InChI=1S/C19H30OSe/c1-2-3-4-5-6-7-8-10-13-18(20)16-17-21-19-14-11-9-12-15-19/h9,11-12,14-18,20H,2-8,10,13H2,1H3/b17-16+. The summed E-state index contributed by atoms with van der Waals surface area (Å²) in [5.74, 6) is 0. The van der Waals surface area contributed by atoms with E-state index < -0.39 is 0 Å². The summed E-state index contributed by atoms with van der Waals surface area (Å²) in [5.41, 5.74) is 0. The number of hydrogen-bond donors (Lipinski definition) is 1. The maximum absolute atomic E-state index is 9.92. The molecule has 1 aromatic carbocycles. The average molecular weight is 353 g/mol. The second-order valence-electron chi connectivity index (χ2n) is 5.59. The van der Waals surface area contributed by atoms with Crippen molar-refractivity contribution in [3.63, 3.8) is 0 Å². The van der Waals surface area contributed by atoms with Crippen molar-refractivity contribution < 1.29 is 5.11 Å². The molecule has 0 aliphatic heterocycles. The van der Waals surface area contributed by atoms with E-state index in [1.165, 1.54) is 49.4 Å². The molecule has 0 saturated heterocycles. The monoisotopic (exact) mass is 354 g/mol. The van der Waals surface area contributed by atoms with Gasteiger partial charge < -0.3 is 0 Å². The van der Waals surface area contributed by atoms with Gasteiger partial charge in [0.2, 0.25) is 0 Å². The van der Waals surface area contributed by atoms with Gasteiger partial charge >= 0.3 is 130 Å². The summed E-state index contributed by atoms with van der Waals surface area (Å²) in [5, 5.41) is 9.92. The summed E-state index contributed by atoms with van der Waals surface area (Å²) in [6, 6.07) is 10.5. The number of hydrogen-bond acceptors (Lipinski definition) is 1. The quantitative estimate of drug-likeness (QED) is 0.436. The summed E-state index contributed by atoms with van der Waals surface area (Å²) >= 11 is 0.349. The van der Waals surface area contributed by atoms with Crippen LogP contribution in [0.5, 0.6) is 0 Å². The normalized spacial score (nSPS) is 12.9. The van der Waals surface area contributed by atoms with Crippen molar-refractivity contribution in [3.05, 3.63) is 41.4 Å². The number of unbranched alkanes of at least 4 members (excludes halogenated alkanes) is 7. The molecule has 0 saturated carbocycles. The molecule has 21 heavy (non-hydrogen) atoms. The molecule has 1 N–H and O–H groups in total. The number of aliphatic hydroxyl groups excluding tert-OH is 1. The Hall–Kier alpha value is -0.561. The molecule has 0 aliphatic rings. The van der Waals surface area contributed by atoms with E-state index in [1.54, 1.807) is 0 Å². The molecular weight excluding hydrogens is 323 g/mol. The van der Waals surface area contributed by atoms with Crippen LogP contribution in [0.1, 0.15) is 64.7 Å². The molecular formula is C19H30OSe. The van der Waals surface area contributed by atoms with E-state index in [0.717, 1.165) is 12.8 Å². The summed E-state index contributed by atoms with van der Waals surface area (Å²) in [4.78, 5) is 2.15. The van der Waals surface area contributed by atoms with Crippen LogP contribution in [0.3, 0.4) is 0 Å². The SMILES string of the molecule is CCCCCCCCCCC(O)/C=C/[Se]c1ccccc1. The Bertz CT molecular complexity index is 361. The van der Waals surface area contributed by atoms with E-state index in [2.05, 4.69) is 36.2 Å². The van der Waals surface area contributed by atoms with Crippen LogP contribution in [0, 0.1) is 0 Å². The molecule has 0 fully saturated rings. The fourth-order valence-corrected chi connectivity index (χ4v) is 3.83. The van der Waals surface area contributed by atoms with Crippen LogP contribution in [0.25, 0.3) is 0 Å². The van der Waals surface area contributed by atoms with Crippen LogP contribution in [0.4, 0.5) is 0 Å². The summed E-state index contributed by atoms with van der Waals surface area (Å²) in [7, 11) is 0. The van der Waals surface area contributed by atoms with Gasteiger partial charge in [0, 0.05) is 0 Å². The minimum absolute atomic E-state index is 0.254. The second-order valence-corrected chi connectivity index (χ2v) is 7.64. The van der Waals surface area contributed by atoms with Gasteiger partial charge in [-0.05, 0) is 0 Å². The molecule has 1 atom stereocenters. The van der Waals surface area contributed by atoms with Gasteiger partial charge in [-0.3, -0.25) is 0 Å². The molecule has 1 unspecified atom stereocenters. The zero-order chi connectivity index (χ0) is 15.2. The van der Waals surface area contributed by atoms with Gasteiger partial charge in [0.15, 0.2) is 0 Å². The van der Waals surface area contributed by atoms with Crippen molar-refractivity contribution in [3.8, 4) is 0 Å². The van der Waals surface area contributed by atoms with Gasteiger partial charge in [-0.15, -0.1) is 0 Å². The molecule has 1 rings (SSSR count). The second kappa shape index (κ2) is 13.1. The van der Waals surface area contributed by atoms with Gasteiger partial charge in [0.05, 0.1) is 0 Å². The van der Waals surface area contributed by atoms with Gasteiger partial charge in [-0.1, -0.05) is 6.92 Å². The molecule has 2 heteroatoms. The van der Waals surface area contributed by atoms with Crippen molar-refractivity contribution in [1.29, 1.82) is 0 Å². The first kappa shape index (κ1) is 18.5. The van der Waals surface area contributed by atoms with Crippen LogP contribution < -0.4 is 4.46 Å². The topological polar surface area (TPSA) is 20.2 Å². The van der Waals surface area contributed by atoms with E-state index in [-0.39, 0.29) is 6.10 Å².